The van der Waals surface area contributed by atoms with Crippen molar-refractivity contribution in [1.82, 2.24) is 4.57 Å². The van der Waals surface area contributed by atoms with E-state index in [1.807, 2.05) is 23.5 Å². The molecule has 0 aliphatic rings. The van der Waals surface area contributed by atoms with E-state index >= 15 is 0 Å². The monoisotopic (exact) mass is 1500 g/mol. The van der Waals surface area contributed by atoms with Crippen molar-refractivity contribution in [2.75, 3.05) is 0 Å². The molecule has 0 aliphatic carbocycles. The molecule has 3 heteroatoms. The van der Waals surface area contributed by atoms with Crippen LogP contribution in [0.25, 0.3) is 233 Å². The average Bonchev–Trinajstić information content (AvgIpc) is 1.72. The van der Waals surface area contributed by atoms with Crippen LogP contribution in [-0.2, 0) is 0 Å². The molecule has 0 amide bonds. The van der Waals surface area contributed by atoms with E-state index in [-0.39, 0.29) is 0 Å². The summed E-state index contributed by atoms with van der Waals surface area (Å²) in [5.74, 6) is 0. The molecule has 0 saturated carbocycles. The van der Waals surface area contributed by atoms with Gasteiger partial charge < -0.3 is 8.98 Å². The van der Waals surface area contributed by atoms with Crippen molar-refractivity contribution in [2.24, 2.45) is 0 Å². The van der Waals surface area contributed by atoms with Crippen LogP contribution in [0.15, 0.2) is 435 Å². The first-order valence-electron chi connectivity index (χ1n) is 40.3. The fraction of sp³-hybridized carbons (Fsp3) is 0. The maximum atomic E-state index is 6.27. The molecule has 0 N–H and O–H groups in total. The van der Waals surface area contributed by atoms with Gasteiger partial charge in [-0.15, -0.1) is 11.3 Å². The molecule has 0 fully saturated rings. The molecule has 0 spiro atoms. The third kappa shape index (κ3) is 11.4. The fourth-order valence-electron chi connectivity index (χ4n) is 19.0. The van der Waals surface area contributed by atoms with E-state index in [2.05, 4.69) is 423 Å². The SMILES string of the molecule is c1ccc(-n2c3ccccc3c3ccc(-c4c5ccccc5c(-c5ccc6ccccc6c5)c5ccccc45)cc32)cc1.c1ccc2cc(-c3c4ccccc4c(-c4ccc5c(c4)oc4ccccc45)c4ccccc34)ccc2c1.c1ccc2cc(-c3c4ccccc4c(-c4ccc5c(c4)sc4ccccc45)c4ccccc34)ccc2c1. The number of fused-ring (bicyclic) bond motifs is 18. The van der Waals surface area contributed by atoms with Crippen LogP contribution in [0.2, 0.25) is 0 Å². The van der Waals surface area contributed by atoms with E-state index in [4.69, 9.17) is 4.42 Å². The van der Waals surface area contributed by atoms with Crippen LogP contribution in [0.3, 0.4) is 0 Å². The van der Waals surface area contributed by atoms with E-state index in [1.54, 1.807) is 0 Å². The maximum absolute atomic E-state index is 6.27. The van der Waals surface area contributed by atoms with Gasteiger partial charge in [0, 0.05) is 47.4 Å². The number of aromatic nitrogens is 1. The molecule has 0 atom stereocenters. The van der Waals surface area contributed by atoms with Crippen molar-refractivity contribution in [1.29, 1.82) is 0 Å². The van der Waals surface area contributed by atoms with E-state index in [0.29, 0.717) is 0 Å². The molecule has 0 bridgehead atoms. The molecular weight excluding hydrogens is 1430 g/mol. The van der Waals surface area contributed by atoms with Crippen LogP contribution in [0.5, 0.6) is 0 Å². The van der Waals surface area contributed by atoms with Gasteiger partial charge in [-0.2, -0.15) is 0 Å². The normalized spacial score (nSPS) is 11.8. The summed E-state index contributed by atoms with van der Waals surface area (Å²) in [5, 5.41) is 30.4. The zero-order valence-corrected chi connectivity index (χ0v) is 64.6. The summed E-state index contributed by atoms with van der Waals surface area (Å²) in [7, 11) is 0. The van der Waals surface area contributed by atoms with Gasteiger partial charge >= 0.3 is 0 Å². The Bertz CT molecular complexity index is 7860. The van der Waals surface area contributed by atoms with Crippen LogP contribution in [0.1, 0.15) is 0 Å². The number of hydrogen-bond acceptors (Lipinski definition) is 2. The lowest BCUT2D eigenvalue weighted by Gasteiger charge is -2.18. The van der Waals surface area contributed by atoms with Crippen LogP contribution >= 0.6 is 11.3 Å². The third-order valence-corrected chi connectivity index (χ3v) is 25.4. The first kappa shape index (κ1) is 67.7. The lowest BCUT2D eigenvalue weighted by atomic mass is 9.85. The van der Waals surface area contributed by atoms with Crippen LogP contribution in [0, 0.1) is 0 Å². The minimum Gasteiger partial charge on any atom is -0.456 e. The maximum Gasteiger partial charge on any atom is 0.136 e. The van der Waals surface area contributed by atoms with Gasteiger partial charge in [-0.05, 0) is 237 Å². The van der Waals surface area contributed by atoms with E-state index in [9.17, 15) is 0 Å². The molecular formula is C114H71NOS. The lowest BCUT2D eigenvalue weighted by molar-refractivity contribution is 0.669. The van der Waals surface area contributed by atoms with Gasteiger partial charge in [0.05, 0.1) is 11.0 Å². The summed E-state index contributed by atoms with van der Waals surface area (Å²) in [5.41, 5.74) is 20.6. The van der Waals surface area contributed by atoms with Gasteiger partial charge in [-0.1, -0.05) is 358 Å². The summed E-state index contributed by atoms with van der Waals surface area (Å²) in [6.45, 7) is 0. The summed E-state index contributed by atoms with van der Waals surface area (Å²) < 4.78 is 11.4. The van der Waals surface area contributed by atoms with Crippen LogP contribution < -0.4 is 0 Å². The van der Waals surface area contributed by atoms with Gasteiger partial charge in [-0.3, -0.25) is 0 Å². The van der Waals surface area contributed by atoms with Crippen LogP contribution in [0.4, 0.5) is 0 Å². The number of rotatable bonds is 7. The van der Waals surface area contributed by atoms with Crippen molar-refractivity contribution >= 4 is 172 Å². The molecule has 22 aromatic carbocycles. The first-order valence-corrected chi connectivity index (χ1v) is 41.1. The standard InChI is InChI=1S/C42H27N.C36H22O.C36H22S/c1-2-14-32(15-3-1)43-39-21-11-10-16-33(39)34-25-24-31(27-40(34)43)42-37-19-8-6-17-35(37)41(36-18-7-9-20-38(36)42)30-23-22-28-12-4-5-13-29(28)26-30;2*1-2-10-24-21-25(18-17-23(24)9-1)35-29-12-3-5-14-31(29)36(32-15-6-4-13-30(32)35)26-19-20-28-27-11-7-8-16-33(27)37-34(28)22-26/h1-27H;2*1-22H. The highest BCUT2D eigenvalue weighted by Crippen LogP contribution is 2.50. The highest BCUT2D eigenvalue weighted by molar-refractivity contribution is 7.25. The molecule has 0 radical (unpaired) electrons. The minimum atomic E-state index is 0.922. The fourth-order valence-corrected chi connectivity index (χ4v) is 20.2. The number of furan rings is 1. The predicted molar refractivity (Wildman–Crippen MR) is 504 cm³/mol. The predicted octanol–water partition coefficient (Wildman–Crippen LogP) is 32.8. The number of nitrogens with zero attached hydrogens (tertiary/aromatic N) is 1. The second kappa shape index (κ2) is 28.0. The van der Waals surface area contributed by atoms with Crippen molar-refractivity contribution in [2.45, 2.75) is 0 Å². The van der Waals surface area contributed by atoms with Gasteiger partial charge in [0.25, 0.3) is 0 Å². The van der Waals surface area contributed by atoms with Crippen molar-refractivity contribution in [3.05, 3.63) is 431 Å². The molecule has 544 valence electrons. The van der Waals surface area contributed by atoms with Gasteiger partial charge in [0.1, 0.15) is 11.2 Å². The Hall–Kier alpha value is -15.0. The molecule has 3 heterocycles. The average molecular weight is 1500 g/mol. The Morgan fingerprint density at radius 3 is 0.880 bits per heavy atom. The van der Waals surface area contributed by atoms with Crippen molar-refractivity contribution in [3.8, 4) is 72.4 Å². The number of hydrogen-bond donors (Lipinski definition) is 0. The first-order chi connectivity index (χ1) is 58.0. The summed E-state index contributed by atoms with van der Waals surface area (Å²) >= 11 is 1.88. The number of para-hydroxylation sites is 3. The molecule has 0 aliphatic heterocycles. The molecule has 25 rings (SSSR count). The molecule has 2 nitrogen and oxygen atoms in total. The highest BCUT2D eigenvalue weighted by atomic mass is 32.1. The third-order valence-electron chi connectivity index (χ3n) is 24.2. The van der Waals surface area contributed by atoms with Gasteiger partial charge in [0.2, 0.25) is 0 Å². The smallest absolute Gasteiger partial charge is 0.136 e. The molecule has 3 aromatic heterocycles. The Balaban J connectivity index is 0.000000104. The highest BCUT2D eigenvalue weighted by Gasteiger charge is 2.24. The summed E-state index contributed by atoms with van der Waals surface area (Å²) in [6.07, 6.45) is 0. The molecule has 0 saturated heterocycles. The van der Waals surface area contributed by atoms with E-state index in [0.717, 1.165) is 21.9 Å². The Kier molecular flexibility index (Phi) is 16.2. The topological polar surface area (TPSA) is 18.1 Å². The number of benzene rings is 22. The second-order valence-corrected chi connectivity index (χ2v) is 31.8. The van der Waals surface area contributed by atoms with E-state index < -0.39 is 0 Å². The zero-order valence-electron chi connectivity index (χ0n) is 63.8. The molecule has 117 heavy (non-hydrogen) atoms. The zero-order chi connectivity index (χ0) is 77.0. The quantitative estimate of drug-likeness (QED) is 0.145. The number of thiophene rings is 1. The minimum absolute atomic E-state index is 0.922. The summed E-state index contributed by atoms with van der Waals surface area (Å²) in [4.78, 5) is 0. The molecule has 0 unspecified atom stereocenters. The Morgan fingerprint density at radius 1 is 0.162 bits per heavy atom. The van der Waals surface area contributed by atoms with Crippen molar-refractivity contribution < 1.29 is 4.42 Å². The van der Waals surface area contributed by atoms with Gasteiger partial charge in [0.15, 0.2) is 0 Å². The lowest BCUT2D eigenvalue weighted by Crippen LogP contribution is -1.94. The Morgan fingerprint density at radius 2 is 0.444 bits per heavy atom. The van der Waals surface area contributed by atoms with Crippen molar-refractivity contribution in [3.63, 3.8) is 0 Å². The summed E-state index contributed by atoms with van der Waals surface area (Å²) in [6, 6.07) is 157. The second-order valence-electron chi connectivity index (χ2n) is 30.7. The molecule has 25 aromatic rings. The van der Waals surface area contributed by atoms with E-state index in [1.165, 1.54) is 211 Å². The Labute approximate surface area is 679 Å². The van der Waals surface area contributed by atoms with Crippen LogP contribution in [-0.4, -0.2) is 4.57 Å². The largest absolute Gasteiger partial charge is 0.456 e. The van der Waals surface area contributed by atoms with Gasteiger partial charge in [-0.25, -0.2) is 0 Å².